The van der Waals surface area contributed by atoms with Gasteiger partial charge < -0.3 is 0 Å². The normalized spacial score (nSPS) is 12.8. The van der Waals surface area contributed by atoms with Crippen molar-refractivity contribution < 1.29 is 0 Å². The Morgan fingerprint density at radius 1 is 1.25 bits per heavy atom. The van der Waals surface area contributed by atoms with Crippen molar-refractivity contribution in [3.63, 3.8) is 0 Å². The molecule has 1 aromatic heterocycles. The van der Waals surface area contributed by atoms with Crippen molar-refractivity contribution in [1.29, 1.82) is 0 Å². The molecule has 0 saturated heterocycles. The van der Waals surface area contributed by atoms with Gasteiger partial charge in [0.05, 0.1) is 0 Å². The van der Waals surface area contributed by atoms with Crippen LogP contribution in [-0.2, 0) is 0 Å². The van der Waals surface area contributed by atoms with Crippen LogP contribution in [0.4, 0.5) is 0 Å². The average molecular weight is 215 g/mol. The minimum absolute atomic E-state index is 0.00113. The number of allylic oxidation sites excluding steroid dienone is 6. The van der Waals surface area contributed by atoms with Gasteiger partial charge in [-0.25, -0.2) is 0 Å². The molecule has 0 aliphatic carbocycles. The van der Waals surface area contributed by atoms with Crippen molar-refractivity contribution in [3.05, 3.63) is 64.6 Å². The Labute approximate surface area is 96.2 Å². The molecule has 0 saturated carbocycles. The summed E-state index contributed by atoms with van der Waals surface area (Å²) in [6, 6.07) is 3.41. The Morgan fingerprint density at radius 3 is 2.69 bits per heavy atom. The van der Waals surface area contributed by atoms with Crippen LogP contribution in [-0.4, -0.2) is 4.57 Å². The molecule has 2 heteroatoms. The van der Waals surface area contributed by atoms with E-state index < -0.39 is 0 Å². The number of pyridine rings is 1. The Kier molecular flexibility index (Phi) is 4.52. The van der Waals surface area contributed by atoms with E-state index in [0.29, 0.717) is 0 Å². The molecule has 0 N–H and O–H groups in total. The number of aryl methyl sites for hydroxylation is 1. The summed E-state index contributed by atoms with van der Waals surface area (Å²) >= 11 is 0. The molecule has 0 aliphatic heterocycles. The minimum Gasteiger partial charge on any atom is -0.288 e. The highest BCUT2D eigenvalue weighted by Gasteiger charge is 1.96. The van der Waals surface area contributed by atoms with E-state index in [0.717, 1.165) is 11.3 Å². The summed E-state index contributed by atoms with van der Waals surface area (Å²) in [5, 5.41) is 0. The molecule has 1 rings (SSSR count). The maximum atomic E-state index is 11.6. The fourth-order valence-corrected chi connectivity index (χ4v) is 1.32. The molecular weight excluding hydrogens is 198 g/mol. The second-order valence-corrected chi connectivity index (χ2v) is 3.63. The number of rotatable bonds is 3. The maximum Gasteiger partial charge on any atom is 0.254 e. The molecule has 1 heterocycles. The van der Waals surface area contributed by atoms with E-state index in [1.54, 1.807) is 10.6 Å². The third-order valence-electron chi connectivity index (χ3n) is 2.19. The van der Waals surface area contributed by atoms with Crippen LogP contribution in [0.1, 0.15) is 19.4 Å². The van der Waals surface area contributed by atoms with Crippen LogP contribution in [0.5, 0.6) is 0 Å². The van der Waals surface area contributed by atoms with Crippen LogP contribution in [0.3, 0.4) is 0 Å². The van der Waals surface area contributed by atoms with Crippen LogP contribution < -0.4 is 5.56 Å². The van der Waals surface area contributed by atoms with E-state index in [4.69, 9.17) is 0 Å². The molecule has 1 aromatic rings. The molecular formula is C14H17NO. The van der Waals surface area contributed by atoms with Gasteiger partial charge in [-0.15, -0.1) is 0 Å². The standard InChI is InChI=1S/C14H17NO/c1-4-5-6-7-8-13(3)15-11-12(2)9-10-14(15)16/h4-11H,1-3H3/b5-4-,7-6-,13-8+. The summed E-state index contributed by atoms with van der Waals surface area (Å²) < 4.78 is 1.65. The van der Waals surface area contributed by atoms with Crippen molar-refractivity contribution in [2.24, 2.45) is 0 Å². The van der Waals surface area contributed by atoms with Crippen LogP contribution in [0.2, 0.25) is 0 Å². The molecule has 0 amide bonds. The lowest BCUT2D eigenvalue weighted by Crippen LogP contribution is -2.16. The minimum atomic E-state index is -0.00113. The van der Waals surface area contributed by atoms with Gasteiger partial charge in [0, 0.05) is 18.0 Å². The van der Waals surface area contributed by atoms with Crippen molar-refractivity contribution >= 4 is 5.70 Å². The zero-order chi connectivity index (χ0) is 12.0. The van der Waals surface area contributed by atoms with Crippen LogP contribution >= 0.6 is 0 Å². The van der Waals surface area contributed by atoms with Gasteiger partial charge >= 0.3 is 0 Å². The average Bonchev–Trinajstić information content (AvgIpc) is 2.27. The van der Waals surface area contributed by atoms with Crippen molar-refractivity contribution in [2.45, 2.75) is 20.8 Å². The second kappa shape index (κ2) is 5.91. The lowest BCUT2D eigenvalue weighted by molar-refractivity contribution is 0.992. The summed E-state index contributed by atoms with van der Waals surface area (Å²) in [6.45, 7) is 5.85. The van der Waals surface area contributed by atoms with Gasteiger partial charge in [-0.2, -0.15) is 0 Å². The highest BCUT2D eigenvalue weighted by Crippen LogP contribution is 2.02. The Balaban J connectivity index is 3.00. The van der Waals surface area contributed by atoms with E-state index >= 15 is 0 Å². The first-order valence-corrected chi connectivity index (χ1v) is 5.31. The number of hydrogen-bond donors (Lipinski definition) is 0. The fourth-order valence-electron chi connectivity index (χ4n) is 1.32. The van der Waals surface area contributed by atoms with Crippen LogP contribution in [0, 0.1) is 6.92 Å². The maximum absolute atomic E-state index is 11.6. The van der Waals surface area contributed by atoms with E-state index in [2.05, 4.69) is 0 Å². The Hall–Kier alpha value is -1.83. The molecule has 2 nitrogen and oxygen atoms in total. The summed E-state index contributed by atoms with van der Waals surface area (Å²) in [5.74, 6) is 0. The molecule has 0 fully saturated rings. The predicted molar refractivity (Wildman–Crippen MR) is 69.3 cm³/mol. The zero-order valence-electron chi connectivity index (χ0n) is 9.97. The van der Waals surface area contributed by atoms with Crippen molar-refractivity contribution in [3.8, 4) is 0 Å². The molecule has 0 spiro atoms. The van der Waals surface area contributed by atoms with Gasteiger partial charge in [0.25, 0.3) is 5.56 Å². The molecule has 0 aliphatic rings. The van der Waals surface area contributed by atoms with Gasteiger partial charge in [0.1, 0.15) is 0 Å². The van der Waals surface area contributed by atoms with E-state index in [1.807, 2.05) is 63.4 Å². The molecule has 0 bridgehead atoms. The van der Waals surface area contributed by atoms with Gasteiger partial charge in [-0.1, -0.05) is 30.4 Å². The van der Waals surface area contributed by atoms with Gasteiger partial charge in [0.15, 0.2) is 0 Å². The summed E-state index contributed by atoms with van der Waals surface area (Å²) in [7, 11) is 0. The first kappa shape index (κ1) is 12.2. The summed E-state index contributed by atoms with van der Waals surface area (Å²) in [4.78, 5) is 11.6. The first-order chi connectivity index (χ1) is 7.65. The smallest absolute Gasteiger partial charge is 0.254 e. The Bertz CT molecular complexity index is 490. The van der Waals surface area contributed by atoms with Crippen LogP contribution in [0.25, 0.3) is 5.70 Å². The van der Waals surface area contributed by atoms with Crippen molar-refractivity contribution in [2.75, 3.05) is 0 Å². The number of aromatic nitrogens is 1. The van der Waals surface area contributed by atoms with E-state index in [1.165, 1.54) is 0 Å². The molecule has 16 heavy (non-hydrogen) atoms. The molecule has 84 valence electrons. The molecule has 0 unspecified atom stereocenters. The summed E-state index contributed by atoms with van der Waals surface area (Å²) in [5.41, 5.74) is 1.98. The molecule has 0 radical (unpaired) electrons. The number of hydrogen-bond acceptors (Lipinski definition) is 1. The lowest BCUT2D eigenvalue weighted by Gasteiger charge is -2.05. The highest BCUT2D eigenvalue weighted by molar-refractivity contribution is 5.46. The highest BCUT2D eigenvalue weighted by atomic mass is 16.1. The zero-order valence-corrected chi connectivity index (χ0v) is 9.97. The first-order valence-electron chi connectivity index (χ1n) is 5.31. The molecule has 0 aromatic carbocycles. The van der Waals surface area contributed by atoms with Crippen LogP contribution in [0.15, 0.2) is 53.5 Å². The predicted octanol–water partition coefficient (Wildman–Crippen LogP) is 3.15. The van der Waals surface area contributed by atoms with Crippen molar-refractivity contribution in [1.82, 2.24) is 4.57 Å². The third-order valence-corrected chi connectivity index (χ3v) is 2.19. The lowest BCUT2D eigenvalue weighted by atomic mass is 10.3. The topological polar surface area (TPSA) is 22.0 Å². The molecule has 0 atom stereocenters. The largest absolute Gasteiger partial charge is 0.288 e. The fraction of sp³-hybridized carbons (Fsp3) is 0.214. The quantitative estimate of drug-likeness (QED) is 0.710. The monoisotopic (exact) mass is 215 g/mol. The van der Waals surface area contributed by atoms with Gasteiger partial charge in [-0.3, -0.25) is 9.36 Å². The van der Waals surface area contributed by atoms with E-state index in [-0.39, 0.29) is 5.56 Å². The third kappa shape index (κ3) is 3.39. The SMILES string of the molecule is C\C=C/C=C\C=C(/C)n1cc(C)ccc1=O. The van der Waals surface area contributed by atoms with Gasteiger partial charge in [-0.05, 0) is 32.4 Å². The second-order valence-electron chi connectivity index (χ2n) is 3.63. The van der Waals surface area contributed by atoms with E-state index in [9.17, 15) is 4.79 Å². The summed E-state index contributed by atoms with van der Waals surface area (Å²) in [6.07, 6.45) is 11.5. The van der Waals surface area contributed by atoms with Gasteiger partial charge in [0.2, 0.25) is 0 Å². The number of nitrogens with zero attached hydrogens (tertiary/aromatic N) is 1. The Morgan fingerprint density at radius 2 is 2.00 bits per heavy atom.